The van der Waals surface area contributed by atoms with E-state index in [0.717, 1.165) is 0 Å². The van der Waals surface area contributed by atoms with Gasteiger partial charge >= 0.3 is 0 Å². The van der Waals surface area contributed by atoms with Crippen LogP contribution in [0.2, 0.25) is 0 Å². The van der Waals surface area contributed by atoms with Crippen LogP contribution in [0.1, 0.15) is 30.2 Å². The van der Waals surface area contributed by atoms with Crippen molar-refractivity contribution in [3.05, 3.63) is 23.8 Å². The van der Waals surface area contributed by atoms with Crippen molar-refractivity contribution in [2.45, 2.75) is 26.8 Å². The maximum atomic E-state index is 11.4. The first-order valence-electron chi connectivity index (χ1n) is 4.20. The molecule has 0 aromatic carbocycles. The van der Waals surface area contributed by atoms with Crippen molar-refractivity contribution in [1.29, 1.82) is 0 Å². The van der Waals surface area contributed by atoms with E-state index in [1.165, 1.54) is 0 Å². The number of hydrogen-bond donors (Lipinski definition) is 1. The predicted octanol–water partition coefficient (Wildman–Crippen LogP) is 0.923. The van der Waals surface area contributed by atoms with Gasteiger partial charge in [-0.25, -0.2) is 9.97 Å². The molecule has 1 rings (SSSR count). The predicted molar refractivity (Wildman–Crippen MR) is 49.4 cm³/mol. The lowest BCUT2D eigenvalue weighted by atomic mass is 10.3. The minimum Gasteiger partial charge on any atom is -0.349 e. The average Bonchev–Trinajstić information content (AvgIpc) is 2.03. The van der Waals surface area contributed by atoms with Crippen LogP contribution < -0.4 is 5.32 Å². The fourth-order valence-corrected chi connectivity index (χ4v) is 0.919. The molecule has 0 saturated heterocycles. The summed E-state index contributed by atoms with van der Waals surface area (Å²) >= 11 is 0. The Kier molecular flexibility index (Phi) is 2.95. The molecule has 1 N–H and O–H groups in total. The zero-order valence-corrected chi connectivity index (χ0v) is 8.03. The number of carbonyl (C=O) groups is 1. The van der Waals surface area contributed by atoms with Gasteiger partial charge in [-0.1, -0.05) is 0 Å². The van der Waals surface area contributed by atoms with E-state index in [4.69, 9.17) is 0 Å². The van der Waals surface area contributed by atoms with Gasteiger partial charge in [0.15, 0.2) is 0 Å². The topological polar surface area (TPSA) is 54.9 Å². The van der Waals surface area contributed by atoms with Crippen LogP contribution in [0.4, 0.5) is 0 Å². The lowest BCUT2D eigenvalue weighted by molar-refractivity contribution is 0.0937. The second kappa shape index (κ2) is 3.98. The van der Waals surface area contributed by atoms with Crippen LogP contribution in [0.5, 0.6) is 0 Å². The zero-order valence-electron chi connectivity index (χ0n) is 8.03. The number of aromatic nitrogens is 2. The highest BCUT2D eigenvalue weighted by Gasteiger charge is 2.07. The minimum atomic E-state index is -0.152. The van der Waals surface area contributed by atoms with Crippen LogP contribution in [0, 0.1) is 6.92 Å². The van der Waals surface area contributed by atoms with Gasteiger partial charge in [-0.05, 0) is 26.8 Å². The van der Waals surface area contributed by atoms with Gasteiger partial charge in [0.25, 0.3) is 5.91 Å². The van der Waals surface area contributed by atoms with Gasteiger partial charge in [0.1, 0.15) is 11.5 Å². The Labute approximate surface area is 77.4 Å². The summed E-state index contributed by atoms with van der Waals surface area (Å²) in [6.45, 7) is 5.57. The van der Waals surface area contributed by atoms with Crippen molar-refractivity contribution in [2.24, 2.45) is 0 Å². The molecule has 1 amide bonds. The van der Waals surface area contributed by atoms with Crippen LogP contribution in [-0.4, -0.2) is 21.9 Å². The number of carbonyl (C=O) groups excluding carboxylic acids is 1. The van der Waals surface area contributed by atoms with Crippen molar-refractivity contribution in [1.82, 2.24) is 15.3 Å². The number of rotatable bonds is 2. The summed E-state index contributed by atoms with van der Waals surface area (Å²) in [6, 6.07) is 1.73. The normalized spacial score (nSPS) is 10.2. The molecule has 0 saturated carbocycles. The molecule has 70 valence electrons. The van der Waals surface area contributed by atoms with Gasteiger partial charge < -0.3 is 5.32 Å². The van der Waals surface area contributed by atoms with E-state index in [1.54, 1.807) is 19.2 Å². The Bertz CT molecular complexity index is 309. The quantitative estimate of drug-likeness (QED) is 0.734. The maximum Gasteiger partial charge on any atom is 0.270 e. The van der Waals surface area contributed by atoms with E-state index in [1.807, 2.05) is 13.8 Å². The molecular weight excluding hydrogens is 166 g/mol. The molecule has 13 heavy (non-hydrogen) atoms. The van der Waals surface area contributed by atoms with Crippen LogP contribution in [0.3, 0.4) is 0 Å². The molecule has 0 spiro atoms. The smallest absolute Gasteiger partial charge is 0.270 e. The molecule has 0 aliphatic heterocycles. The summed E-state index contributed by atoms with van der Waals surface area (Å²) in [7, 11) is 0. The molecule has 4 nitrogen and oxygen atoms in total. The molecule has 0 aliphatic rings. The third kappa shape index (κ3) is 2.82. The van der Waals surface area contributed by atoms with Gasteiger partial charge in [0.2, 0.25) is 0 Å². The molecule has 0 fully saturated rings. The van der Waals surface area contributed by atoms with E-state index in [0.29, 0.717) is 11.5 Å². The van der Waals surface area contributed by atoms with Gasteiger partial charge in [-0.2, -0.15) is 0 Å². The van der Waals surface area contributed by atoms with Crippen LogP contribution >= 0.6 is 0 Å². The third-order valence-electron chi connectivity index (χ3n) is 1.43. The second-order valence-corrected chi connectivity index (χ2v) is 3.12. The first-order valence-corrected chi connectivity index (χ1v) is 4.20. The molecule has 1 aromatic heterocycles. The minimum absolute atomic E-state index is 0.128. The molecule has 0 bridgehead atoms. The number of nitrogens with one attached hydrogen (secondary N) is 1. The third-order valence-corrected chi connectivity index (χ3v) is 1.43. The second-order valence-electron chi connectivity index (χ2n) is 3.12. The Morgan fingerprint density at radius 1 is 1.54 bits per heavy atom. The van der Waals surface area contributed by atoms with Gasteiger partial charge in [0, 0.05) is 12.2 Å². The highest BCUT2D eigenvalue weighted by Crippen LogP contribution is 1.95. The van der Waals surface area contributed by atoms with Crippen molar-refractivity contribution >= 4 is 5.91 Å². The van der Waals surface area contributed by atoms with Crippen LogP contribution in [-0.2, 0) is 0 Å². The SMILES string of the molecule is Cc1nccc(C(=O)NC(C)C)n1. The van der Waals surface area contributed by atoms with Crippen molar-refractivity contribution in [3.63, 3.8) is 0 Å². The van der Waals surface area contributed by atoms with Crippen molar-refractivity contribution in [2.75, 3.05) is 0 Å². The molecule has 1 aromatic rings. The Morgan fingerprint density at radius 3 is 2.77 bits per heavy atom. The number of amides is 1. The van der Waals surface area contributed by atoms with Crippen molar-refractivity contribution in [3.8, 4) is 0 Å². The zero-order chi connectivity index (χ0) is 9.84. The molecule has 0 radical (unpaired) electrons. The first-order chi connectivity index (χ1) is 6.09. The van der Waals surface area contributed by atoms with Crippen LogP contribution in [0.15, 0.2) is 12.3 Å². The maximum absolute atomic E-state index is 11.4. The number of aryl methyl sites for hydroxylation is 1. The molecule has 0 atom stereocenters. The standard InChI is InChI=1S/C9H13N3O/c1-6(2)11-9(13)8-4-5-10-7(3)12-8/h4-6H,1-3H3,(H,11,13). The fraction of sp³-hybridized carbons (Fsp3) is 0.444. The van der Waals surface area contributed by atoms with Gasteiger partial charge in [-0.3, -0.25) is 4.79 Å². The number of nitrogens with zero attached hydrogens (tertiary/aromatic N) is 2. The summed E-state index contributed by atoms with van der Waals surface area (Å²) in [5.74, 6) is 0.455. The Morgan fingerprint density at radius 2 is 2.23 bits per heavy atom. The van der Waals surface area contributed by atoms with Crippen molar-refractivity contribution < 1.29 is 4.79 Å². The van der Waals surface area contributed by atoms with Crippen LogP contribution in [0.25, 0.3) is 0 Å². The molecule has 4 heteroatoms. The average molecular weight is 179 g/mol. The molecule has 1 heterocycles. The van der Waals surface area contributed by atoms with E-state index >= 15 is 0 Å². The first kappa shape index (κ1) is 9.64. The molecule has 0 unspecified atom stereocenters. The fourth-order valence-electron chi connectivity index (χ4n) is 0.919. The lowest BCUT2D eigenvalue weighted by Gasteiger charge is -2.07. The number of hydrogen-bond acceptors (Lipinski definition) is 3. The monoisotopic (exact) mass is 179 g/mol. The largest absolute Gasteiger partial charge is 0.349 e. The summed E-state index contributed by atoms with van der Waals surface area (Å²) in [4.78, 5) is 19.3. The van der Waals surface area contributed by atoms with Gasteiger partial charge in [-0.15, -0.1) is 0 Å². The molecule has 0 aliphatic carbocycles. The van der Waals surface area contributed by atoms with Gasteiger partial charge in [0.05, 0.1) is 0 Å². The Hall–Kier alpha value is -1.45. The van der Waals surface area contributed by atoms with E-state index < -0.39 is 0 Å². The Balaban J connectivity index is 2.77. The summed E-state index contributed by atoms with van der Waals surface area (Å²) in [5, 5.41) is 2.76. The van der Waals surface area contributed by atoms with E-state index in [2.05, 4.69) is 15.3 Å². The summed E-state index contributed by atoms with van der Waals surface area (Å²) in [5.41, 5.74) is 0.418. The summed E-state index contributed by atoms with van der Waals surface area (Å²) < 4.78 is 0. The lowest BCUT2D eigenvalue weighted by Crippen LogP contribution is -2.30. The summed E-state index contributed by atoms with van der Waals surface area (Å²) in [6.07, 6.45) is 1.58. The van der Waals surface area contributed by atoms with E-state index in [-0.39, 0.29) is 11.9 Å². The molecular formula is C9H13N3O. The highest BCUT2D eigenvalue weighted by atomic mass is 16.1. The highest BCUT2D eigenvalue weighted by molar-refractivity contribution is 5.92. The van der Waals surface area contributed by atoms with E-state index in [9.17, 15) is 4.79 Å².